The van der Waals surface area contributed by atoms with Gasteiger partial charge in [-0.15, -0.1) is 4.98 Å². The molecule has 0 spiro atoms. The zero-order valence-electron chi connectivity index (χ0n) is 11.1. The van der Waals surface area contributed by atoms with Crippen molar-refractivity contribution in [1.29, 1.82) is 5.26 Å². The highest BCUT2D eigenvalue weighted by atomic mass is 16.5. The fourth-order valence-corrected chi connectivity index (χ4v) is 1.45. The quantitative estimate of drug-likeness (QED) is 0.888. The van der Waals surface area contributed by atoms with Crippen LogP contribution in [-0.4, -0.2) is 28.6 Å². The van der Waals surface area contributed by atoms with Crippen molar-refractivity contribution in [1.82, 2.24) is 15.0 Å². The Bertz CT molecular complexity index is 639. The van der Waals surface area contributed by atoms with Crippen LogP contribution in [0.25, 0.3) is 0 Å². The third-order valence-corrected chi connectivity index (χ3v) is 2.28. The van der Waals surface area contributed by atoms with Crippen LogP contribution in [0.5, 0.6) is 17.8 Å². The Labute approximate surface area is 116 Å². The van der Waals surface area contributed by atoms with Crippen molar-refractivity contribution in [3.05, 3.63) is 29.8 Å². The molecular weight excluding hydrogens is 258 g/mol. The Balaban J connectivity index is 2.27. The Morgan fingerprint density at radius 2 is 2.05 bits per heavy atom. The third-order valence-electron chi connectivity index (χ3n) is 2.28. The molecule has 0 saturated carbocycles. The van der Waals surface area contributed by atoms with Crippen molar-refractivity contribution in [3.8, 4) is 23.8 Å². The largest absolute Gasteiger partial charge is 0.467 e. The lowest BCUT2D eigenvalue weighted by Gasteiger charge is -2.07. The number of ether oxygens (including phenoxy) is 2. The lowest BCUT2D eigenvalue weighted by molar-refractivity contribution is 0.360. The molecule has 0 aliphatic carbocycles. The normalized spacial score (nSPS) is 9.65. The van der Waals surface area contributed by atoms with Crippen LogP contribution in [0.4, 0.5) is 5.95 Å². The standard InChI is InChI=1S/C13H13N5O2/c1-3-15-11-16-12(19-2)18-13(17-11)20-10-6-4-5-9(7-10)8-14/h4-7H,3H2,1-2H3,(H,15,16,17,18). The van der Waals surface area contributed by atoms with Crippen molar-refractivity contribution in [2.75, 3.05) is 19.0 Å². The molecular formula is C13H13N5O2. The van der Waals surface area contributed by atoms with Crippen LogP contribution in [0.15, 0.2) is 24.3 Å². The highest BCUT2D eigenvalue weighted by Gasteiger charge is 2.08. The molecule has 2 aromatic rings. The van der Waals surface area contributed by atoms with Gasteiger partial charge >= 0.3 is 12.0 Å². The number of rotatable bonds is 5. The molecule has 0 radical (unpaired) electrons. The first-order chi connectivity index (χ1) is 9.75. The van der Waals surface area contributed by atoms with Gasteiger partial charge < -0.3 is 14.8 Å². The molecule has 0 saturated heterocycles. The Hall–Kier alpha value is -2.88. The summed E-state index contributed by atoms with van der Waals surface area (Å²) in [6.45, 7) is 2.59. The van der Waals surface area contributed by atoms with Crippen LogP contribution < -0.4 is 14.8 Å². The van der Waals surface area contributed by atoms with Crippen LogP contribution in [0.1, 0.15) is 12.5 Å². The molecule has 1 heterocycles. The number of aromatic nitrogens is 3. The monoisotopic (exact) mass is 271 g/mol. The molecule has 1 N–H and O–H groups in total. The summed E-state index contributed by atoms with van der Waals surface area (Å²) in [5.74, 6) is 0.838. The summed E-state index contributed by atoms with van der Waals surface area (Å²) in [6.07, 6.45) is 0. The highest BCUT2D eigenvalue weighted by Crippen LogP contribution is 2.21. The van der Waals surface area contributed by atoms with Gasteiger partial charge in [-0.3, -0.25) is 0 Å². The molecule has 1 aromatic heterocycles. The number of methoxy groups -OCH3 is 1. The van der Waals surface area contributed by atoms with E-state index in [0.717, 1.165) is 0 Å². The van der Waals surface area contributed by atoms with Crippen molar-refractivity contribution in [2.45, 2.75) is 6.92 Å². The second kappa shape index (κ2) is 6.33. The number of nitrogens with one attached hydrogen (secondary N) is 1. The first-order valence-electron chi connectivity index (χ1n) is 5.97. The zero-order chi connectivity index (χ0) is 14.4. The average Bonchev–Trinajstić information content (AvgIpc) is 2.47. The maximum absolute atomic E-state index is 8.85. The topological polar surface area (TPSA) is 93.0 Å². The lowest BCUT2D eigenvalue weighted by atomic mass is 10.2. The Morgan fingerprint density at radius 3 is 2.75 bits per heavy atom. The van der Waals surface area contributed by atoms with Crippen molar-refractivity contribution >= 4 is 5.95 Å². The van der Waals surface area contributed by atoms with E-state index < -0.39 is 0 Å². The van der Waals surface area contributed by atoms with E-state index in [2.05, 4.69) is 20.3 Å². The highest BCUT2D eigenvalue weighted by molar-refractivity contribution is 5.37. The van der Waals surface area contributed by atoms with E-state index in [1.165, 1.54) is 7.11 Å². The van der Waals surface area contributed by atoms with Crippen molar-refractivity contribution in [3.63, 3.8) is 0 Å². The van der Waals surface area contributed by atoms with Gasteiger partial charge in [-0.25, -0.2) is 0 Å². The second-order valence-electron chi connectivity index (χ2n) is 3.70. The minimum Gasteiger partial charge on any atom is -0.467 e. The van der Waals surface area contributed by atoms with Crippen LogP contribution in [0, 0.1) is 11.3 Å². The predicted octanol–water partition coefficient (Wildman–Crippen LogP) is 1.98. The molecule has 2 rings (SSSR count). The van der Waals surface area contributed by atoms with E-state index >= 15 is 0 Å². The number of nitriles is 1. The molecule has 0 fully saturated rings. The Kier molecular flexibility index (Phi) is 4.29. The zero-order valence-corrected chi connectivity index (χ0v) is 11.1. The number of hydrogen-bond acceptors (Lipinski definition) is 7. The molecule has 1 aromatic carbocycles. The molecule has 0 amide bonds. The van der Waals surface area contributed by atoms with E-state index in [-0.39, 0.29) is 12.0 Å². The van der Waals surface area contributed by atoms with E-state index in [9.17, 15) is 0 Å². The fraction of sp³-hybridized carbons (Fsp3) is 0.231. The minimum atomic E-state index is 0.0999. The third kappa shape index (κ3) is 3.32. The van der Waals surface area contributed by atoms with Gasteiger partial charge in [0.25, 0.3) is 0 Å². The summed E-state index contributed by atoms with van der Waals surface area (Å²) in [5, 5.41) is 11.8. The molecule has 102 valence electrons. The molecule has 0 atom stereocenters. The van der Waals surface area contributed by atoms with Gasteiger partial charge in [0.15, 0.2) is 0 Å². The molecule has 0 aliphatic rings. The molecule has 0 unspecified atom stereocenters. The van der Waals surface area contributed by atoms with E-state index in [0.29, 0.717) is 23.8 Å². The van der Waals surface area contributed by atoms with Crippen molar-refractivity contribution < 1.29 is 9.47 Å². The van der Waals surface area contributed by atoms with E-state index in [4.69, 9.17) is 14.7 Å². The molecule has 7 heteroatoms. The summed E-state index contributed by atoms with van der Waals surface area (Å²) >= 11 is 0. The average molecular weight is 271 g/mol. The number of hydrogen-bond donors (Lipinski definition) is 1. The van der Waals surface area contributed by atoms with Gasteiger partial charge in [0.2, 0.25) is 5.95 Å². The molecule has 0 bridgehead atoms. The molecule has 7 nitrogen and oxygen atoms in total. The number of benzene rings is 1. The maximum Gasteiger partial charge on any atom is 0.330 e. The summed E-state index contributed by atoms with van der Waals surface area (Å²) in [4.78, 5) is 12.1. The minimum absolute atomic E-state index is 0.0999. The van der Waals surface area contributed by atoms with Gasteiger partial charge in [0.1, 0.15) is 5.75 Å². The summed E-state index contributed by atoms with van der Waals surface area (Å²) in [7, 11) is 1.46. The van der Waals surface area contributed by atoms with Gasteiger partial charge in [-0.05, 0) is 25.1 Å². The lowest BCUT2D eigenvalue weighted by Crippen LogP contribution is -2.06. The van der Waals surface area contributed by atoms with E-state index in [1.807, 2.05) is 13.0 Å². The maximum atomic E-state index is 8.85. The Morgan fingerprint density at radius 1 is 1.25 bits per heavy atom. The van der Waals surface area contributed by atoms with Gasteiger partial charge in [-0.2, -0.15) is 15.2 Å². The van der Waals surface area contributed by atoms with Crippen LogP contribution in [0.2, 0.25) is 0 Å². The summed E-state index contributed by atoms with van der Waals surface area (Å²) in [6, 6.07) is 9.01. The summed E-state index contributed by atoms with van der Waals surface area (Å²) < 4.78 is 10.5. The number of anilines is 1. The smallest absolute Gasteiger partial charge is 0.330 e. The SMILES string of the molecule is CCNc1nc(OC)nc(Oc2cccc(C#N)c2)n1. The first-order valence-corrected chi connectivity index (χ1v) is 5.97. The van der Waals surface area contributed by atoms with E-state index in [1.54, 1.807) is 24.3 Å². The van der Waals surface area contributed by atoms with Crippen LogP contribution >= 0.6 is 0 Å². The molecule has 0 aliphatic heterocycles. The summed E-state index contributed by atoms with van der Waals surface area (Å²) in [5.41, 5.74) is 0.496. The fourth-order valence-electron chi connectivity index (χ4n) is 1.45. The van der Waals surface area contributed by atoms with Crippen LogP contribution in [-0.2, 0) is 0 Å². The van der Waals surface area contributed by atoms with Crippen LogP contribution in [0.3, 0.4) is 0 Å². The van der Waals surface area contributed by atoms with Gasteiger partial charge in [-0.1, -0.05) is 6.07 Å². The first kappa shape index (κ1) is 13.5. The van der Waals surface area contributed by atoms with Gasteiger partial charge in [0, 0.05) is 6.54 Å². The second-order valence-corrected chi connectivity index (χ2v) is 3.70. The molecule has 20 heavy (non-hydrogen) atoms. The number of nitrogens with zero attached hydrogens (tertiary/aromatic N) is 4. The van der Waals surface area contributed by atoms with Crippen molar-refractivity contribution in [2.24, 2.45) is 0 Å². The predicted molar refractivity (Wildman–Crippen MR) is 71.8 cm³/mol. The van der Waals surface area contributed by atoms with Gasteiger partial charge in [0.05, 0.1) is 18.7 Å².